The Bertz CT molecular complexity index is 901. The van der Waals surface area contributed by atoms with Gasteiger partial charge in [-0.2, -0.15) is 0 Å². The summed E-state index contributed by atoms with van der Waals surface area (Å²) in [5.74, 6) is 0.571. The molecular weight excluding hydrogens is 354 g/mol. The van der Waals surface area contributed by atoms with Crippen molar-refractivity contribution in [2.24, 2.45) is 0 Å². The molecule has 7 heteroatoms. The van der Waals surface area contributed by atoms with E-state index >= 15 is 0 Å². The van der Waals surface area contributed by atoms with Gasteiger partial charge in [-0.15, -0.1) is 21.5 Å². The smallest absolute Gasteiger partial charge is 0.277 e. The van der Waals surface area contributed by atoms with Crippen molar-refractivity contribution in [3.05, 3.63) is 56.9 Å². The molecule has 0 saturated heterocycles. The van der Waals surface area contributed by atoms with E-state index in [1.165, 1.54) is 17.3 Å². The van der Waals surface area contributed by atoms with E-state index in [2.05, 4.69) is 15.2 Å². The van der Waals surface area contributed by atoms with Gasteiger partial charge in [0.1, 0.15) is 0 Å². The van der Waals surface area contributed by atoms with Gasteiger partial charge in [0, 0.05) is 10.9 Å². The molecule has 0 aliphatic heterocycles. The number of thioether (sulfide) groups is 1. The highest BCUT2D eigenvalue weighted by molar-refractivity contribution is 8.00. The van der Waals surface area contributed by atoms with Crippen LogP contribution in [0.25, 0.3) is 0 Å². The summed E-state index contributed by atoms with van der Waals surface area (Å²) in [6.07, 6.45) is 0.511. The number of benzene rings is 1. The van der Waals surface area contributed by atoms with Crippen LogP contribution in [0.4, 0.5) is 0 Å². The van der Waals surface area contributed by atoms with Crippen molar-refractivity contribution in [2.45, 2.75) is 44.6 Å². The van der Waals surface area contributed by atoms with Crippen LogP contribution >= 0.6 is 23.1 Å². The monoisotopic (exact) mass is 373 g/mol. The van der Waals surface area contributed by atoms with Crippen molar-refractivity contribution in [2.75, 3.05) is 0 Å². The highest BCUT2D eigenvalue weighted by atomic mass is 32.2. The molecule has 0 amide bonds. The van der Waals surface area contributed by atoms with Gasteiger partial charge in [0.05, 0.1) is 22.4 Å². The fourth-order valence-corrected chi connectivity index (χ4v) is 3.73. The molecule has 1 aromatic carbocycles. The van der Waals surface area contributed by atoms with Crippen LogP contribution in [0.3, 0.4) is 0 Å². The van der Waals surface area contributed by atoms with Crippen LogP contribution in [0.5, 0.6) is 0 Å². The quantitative estimate of drug-likeness (QED) is 0.471. The van der Waals surface area contributed by atoms with Gasteiger partial charge in [-0.1, -0.05) is 23.9 Å². The topological polar surface area (TPSA) is 68.9 Å². The zero-order chi connectivity index (χ0) is 18.0. The molecule has 3 rings (SSSR count). The molecule has 2 heterocycles. The summed E-state index contributed by atoms with van der Waals surface area (Å²) in [4.78, 5) is 17.0. The Hall–Kier alpha value is -1.99. The van der Waals surface area contributed by atoms with Crippen molar-refractivity contribution >= 4 is 28.9 Å². The fraction of sp³-hybridized carbons (Fsp3) is 0.333. The molecule has 0 N–H and O–H groups in total. The summed E-state index contributed by atoms with van der Waals surface area (Å²) in [6, 6.07) is 5.77. The number of thiazole rings is 1. The van der Waals surface area contributed by atoms with Crippen LogP contribution in [-0.2, 0) is 6.42 Å². The summed E-state index contributed by atoms with van der Waals surface area (Å²) in [5.41, 5.74) is 3.92. The Morgan fingerprint density at radius 2 is 2.04 bits per heavy atom. The van der Waals surface area contributed by atoms with Gasteiger partial charge in [-0.05, 0) is 44.9 Å². The van der Waals surface area contributed by atoms with Crippen LogP contribution in [0.1, 0.15) is 45.0 Å². The first-order chi connectivity index (χ1) is 11.9. The van der Waals surface area contributed by atoms with Gasteiger partial charge < -0.3 is 4.42 Å². The second kappa shape index (κ2) is 7.49. The van der Waals surface area contributed by atoms with Crippen molar-refractivity contribution < 1.29 is 9.21 Å². The first kappa shape index (κ1) is 17.8. The van der Waals surface area contributed by atoms with Gasteiger partial charge in [-0.25, -0.2) is 4.98 Å². The Kier molecular flexibility index (Phi) is 5.34. The average molecular weight is 374 g/mol. The van der Waals surface area contributed by atoms with Gasteiger partial charge in [-0.3, -0.25) is 4.79 Å². The second-order valence-electron chi connectivity index (χ2n) is 5.92. The lowest BCUT2D eigenvalue weighted by Crippen LogP contribution is -2.13. The number of rotatable bonds is 6. The molecule has 130 valence electrons. The highest BCUT2D eigenvalue weighted by Gasteiger charge is 2.20. The molecule has 0 radical (unpaired) electrons. The molecule has 0 aliphatic rings. The summed E-state index contributed by atoms with van der Waals surface area (Å²) in [6.45, 7) is 7.86. The van der Waals surface area contributed by atoms with Crippen LogP contribution in [0, 0.1) is 20.8 Å². The summed E-state index contributed by atoms with van der Waals surface area (Å²) < 4.78 is 5.65. The number of ketones is 1. The summed E-state index contributed by atoms with van der Waals surface area (Å²) in [5, 5.41) is 11.2. The van der Waals surface area contributed by atoms with E-state index in [1.807, 2.05) is 51.3 Å². The predicted molar refractivity (Wildman–Crippen MR) is 99.5 cm³/mol. The SMILES string of the molecule is Cc1nc(Cc2nnc(SC(C)C(=O)c3ccc(C)c(C)c3)o2)cs1. The first-order valence-electron chi connectivity index (χ1n) is 7.94. The molecule has 1 atom stereocenters. The van der Waals surface area contributed by atoms with E-state index in [4.69, 9.17) is 4.42 Å². The molecule has 3 aromatic rings. The number of aromatic nitrogens is 3. The van der Waals surface area contributed by atoms with E-state index in [0.29, 0.717) is 23.1 Å². The predicted octanol–water partition coefficient (Wildman–Crippen LogP) is 4.41. The van der Waals surface area contributed by atoms with Crippen LogP contribution in [0.2, 0.25) is 0 Å². The molecule has 2 aromatic heterocycles. The number of aryl methyl sites for hydroxylation is 3. The largest absolute Gasteiger partial charge is 0.416 e. The number of hydrogen-bond acceptors (Lipinski definition) is 7. The van der Waals surface area contributed by atoms with Crippen molar-refractivity contribution in [3.8, 4) is 0 Å². The minimum absolute atomic E-state index is 0.0583. The van der Waals surface area contributed by atoms with E-state index in [0.717, 1.165) is 16.3 Å². The van der Waals surface area contributed by atoms with E-state index in [-0.39, 0.29) is 11.0 Å². The molecule has 1 unspecified atom stereocenters. The van der Waals surface area contributed by atoms with Crippen molar-refractivity contribution in [1.29, 1.82) is 0 Å². The lowest BCUT2D eigenvalue weighted by molar-refractivity contribution is 0.0993. The lowest BCUT2D eigenvalue weighted by atomic mass is 10.0. The Labute approximate surface area is 154 Å². The molecular formula is C18H19N3O2S2. The number of hydrogen-bond donors (Lipinski definition) is 0. The molecule has 25 heavy (non-hydrogen) atoms. The second-order valence-corrected chi connectivity index (χ2v) is 8.27. The van der Waals surface area contributed by atoms with Gasteiger partial charge in [0.15, 0.2) is 5.78 Å². The minimum Gasteiger partial charge on any atom is -0.416 e. The van der Waals surface area contributed by atoms with Gasteiger partial charge >= 0.3 is 0 Å². The maximum atomic E-state index is 12.6. The number of carbonyl (C=O) groups excluding carboxylic acids is 1. The minimum atomic E-state index is -0.295. The van der Waals surface area contributed by atoms with Gasteiger partial charge in [0.25, 0.3) is 5.22 Å². The van der Waals surface area contributed by atoms with Crippen LogP contribution in [-0.4, -0.2) is 26.2 Å². The summed E-state index contributed by atoms with van der Waals surface area (Å²) >= 11 is 2.88. The maximum absolute atomic E-state index is 12.6. The average Bonchev–Trinajstić information content (AvgIpc) is 3.18. The fourth-order valence-electron chi connectivity index (χ4n) is 2.34. The highest BCUT2D eigenvalue weighted by Crippen LogP contribution is 2.26. The molecule has 5 nitrogen and oxygen atoms in total. The Balaban J connectivity index is 1.65. The number of carbonyl (C=O) groups is 1. The molecule has 0 spiro atoms. The third kappa shape index (κ3) is 4.35. The zero-order valence-electron chi connectivity index (χ0n) is 14.6. The van der Waals surface area contributed by atoms with E-state index < -0.39 is 0 Å². The van der Waals surface area contributed by atoms with E-state index in [9.17, 15) is 4.79 Å². The number of nitrogens with zero attached hydrogens (tertiary/aromatic N) is 3. The standard InChI is InChI=1S/C18H19N3O2S2/c1-10-5-6-14(7-11(10)2)17(22)12(3)25-18-21-20-16(23-18)8-15-9-24-13(4)19-15/h5-7,9,12H,8H2,1-4H3. The molecule has 0 bridgehead atoms. The third-order valence-corrected chi connectivity index (χ3v) is 5.64. The zero-order valence-corrected chi connectivity index (χ0v) is 16.2. The summed E-state index contributed by atoms with van der Waals surface area (Å²) in [7, 11) is 0. The van der Waals surface area contributed by atoms with Crippen molar-refractivity contribution in [3.63, 3.8) is 0 Å². The van der Waals surface area contributed by atoms with Crippen LogP contribution in [0.15, 0.2) is 33.2 Å². The Morgan fingerprint density at radius 1 is 1.24 bits per heavy atom. The first-order valence-corrected chi connectivity index (χ1v) is 9.70. The van der Waals surface area contributed by atoms with Gasteiger partial charge in [0.2, 0.25) is 5.89 Å². The number of Topliss-reactive ketones (excluding diaryl/α,β-unsaturated/α-hetero) is 1. The Morgan fingerprint density at radius 3 is 2.72 bits per heavy atom. The molecule has 0 saturated carbocycles. The molecule has 0 aliphatic carbocycles. The lowest BCUT2D eigenvalue weighted by Gasteiger charge is -2.09. The van der Waals surface area contributed by atoms with Crippen molar-refractivity contribution in [1.82, 2.24) is 15.2 Å². The maximum Gasteiger partial charge on any atom is 0.277 e. The van der Waals surface area contributed by atoms with E-state index in [1.54, 1.807) is 11.3 Å². The normalized spacial score (nSPS) is 12.3. The molecule has 0 fully saturated rings. The third-order valence-electron chi connectivity index (χ3n) is 3.89. The van der Waals surface area contributed by atoms with Crippen LogP contribution < -0.4 is 0 Å².